The van der Waals surface area contributed by atoms with Crippen LogP contribution in [0.1, 0.15) is 109 Å². The predicted octanol–water partition coefficient (Wildman–Crippen LogP) is 10.9. The lowest BCUT2D eigenvalue weighted by atomic mass is 9.44. The highest BCUT2D eigenvalue weighted by Crippen LogP contribution is 2.71. The molecule has 1 spiro atoms. The van der Waals surface area contributed by atoms with Crippen LogP contribution in [0.2, 0.25) is 0 Å². The Labute approximate surface area is 377 Å². The molecular weight excluding hydrogens is 789 g/mol. The number of hydrogen-bond acceptors (Lipinski definition) is 8. The lowest BCUT2D eigenvalue weighted by Gasteiger charge is -2.61. The quantitative estimate of drug-likeness (QED) is 0.168. The van der Waals surface area contributed by atoms with Crippen LogP contribution >= 0.6 is 0 Å². The van der Waals surface area contributed by atoms with Crippen LogP contribution in [0.5, 0.6) is 0 Å². The average molecular weight is 863 g/mol. The van der Waals surface area contributed by atoms with Gasteiger partial charge in [-0.2, -0.15) is 0 Å². The fraction of sp³-hybridized carbons (Fsp3) is 0.673. The molecule has 3 heterocycles. The Hall–Kier alpha value is -2.66. The van der Waals surface area contributed by atoms with Gasteiger partial charge < -0.3 is 37.9 Å². The molecule has 8 nitrogen and oxygen atoms in total. The highest BCUT2D eigenvalue weighted by Gasteiger charge is 2.69. The second-order valence-corrected chi connectivity index (χ2v) is 21.5. The lowest BCUT2D eigenvalue weighted by Crippen LogP contribution is -2.61. The van der Waals surface area contributed by atoms with Gasteiger partial charge in [-0.3, -0.25) is 0 Å². The fourth-order valence-corrected chi connectivity index (χ4v) is 14.7. The van der Waals surface area contributed by atoms with Crippen molar-refractivity contribution in [3.05, 3.63) is 108 Å². The summed E-state index contributed by atoms with van der Waals surface area (Å²) in [5.74, 6) is 4.36. The average Bonchev–Trinajstić information content (AvgIpc) is 3.76. The van der Waals surface area contributed by atoms with Gasteiger partial charge in [-0.25, -0.2) is 0 Å². The Morgan fingerprint density at radius 3 is 1.86 bits per heavy atom. The van der Waals surface area contributed by atoms with Crippen molar-refractivity contribution in [3.8, 4) is 0 Å². The van der Waals surface area contributed by atoms with Gasteiger partial charge in [0.25, 0.3) is 0 Å². The molecule has 0 amide bonds. The highest BCUT2D eigenvalue weighted by atomic mass is 16.7. The largest absolute Gasteiger partial charge is 0.375 e. The number of fused-ring (bicyclic) bond motifs is 7. The number of ether oxygens (including phenoxy) is 8. The number of benzene rings is 3. The van der Waals surface area contributed by atoms with Gasteiger partial charge in [0, 0.05) is 19.4 Å². The summed E-state index contributed by atoms with van der Waals surface area (Å²) < 4.78 is 54.1. The van der Waals surface area contributed by atoms with Crippen LogP contribution in [0.15, 0.2) is 91.0 Å². The summed E-state index contributed by atoms with van der Waals surface area (Å²) in [5.41, 5.74) is 3.96. The zero-order valence-electron chi connectivity index (χ0n) is 38.6. The Balaban J connectivity index is 0.826. The van der Waals surface area contributed by atoms with E-state index in [1.54, 1.807) is 7.11 Å². The zero-order chi connectivity index (χ0) is 43.2. The van der Waals surface area contributed by atoms with Gasteiger partial charge in [-0.15, -0.1) is 0 Å². The monoisotopic (exact) mass is 863 g/mol. The van der Waals surface area contributed by atoms with Crippen LogP contribution < -0.4 is 0 Å². The third-order valence-electron chi connectivity index (χ3n) is 18.1. The molecule has 342 valence electrons. The summed E-state index contributed by atoms with van der Waals surface area (Å²) >= 11 is 0. The highest BCUT2D eigenvalue weighted by molar-refractivity contribution is 5.18. The van der Waals surface area contributed by atoms with Gasteiger partial charge >= 0.3 is 0 Å². The maximum Gasteiger partial charge on any atom is 0.186 e. The zero-order valence-corrected chi connectivity index (χ0v) is 38.6. The van der Waals surface area contributed by atoms with Crippen LogP contribution in [-0.2, 0) is 57.7 Å². The van der Waals surface area contributed by atoms with Gasteiger partial charge in [0.15, 0.2) is 12.1 Å². The van der Waals surface area contributed by atoms with Crippen molar-refractivity contribution in [3.63, 3.8) is 0 Å². The van der Waals surface area contributed by atoms with Gasteiger partial charge in [-0.1, -0.05) is 119 Å². The molecule has 4 saturated carbocycles. The van der Waals surface area contributed by atoms with Gasteiger partial charge in [0.2, 0.25) is 0 Å². The van der Waals surface area contributed by atoms with Crippen molar-refractivity contribution in [2.45, 2.75) is 160 Å². The first-order chi connectivity index (χ1) is 30.7. The van der Waals surface area contributed by atoms with Crippen LogP contribution in [0.3, 0.4) is 0 Å². The Morgan fingerprint density at radius 2 is 1.24 bits per heavy atom. The molecule has 0 N–H and O–H groups in total. The molecule has 4 aliphatic carbocycles. The van der Waals surface area contributed by atoms with Crippen LogP contribution in [0, 0.1) is 52.3 Å². The van der Waals surface area contributed by atoms with E-state index in [0.717, 1.165) is 60.3 Å². The van der Waals surface area contributed by atoms with Crippen molar-refractivity contribution in [1.29, 1.82) is 0 Å². The molecule has 17 atom stereocenters. The molecule has 3 saturated heterocycles. The summed E-state index contributed by atoms with van der Waals surface area (Å²) in [6, 6.07) is 30.9. The van der Waals surface area contributed by atoms with Crippen molar-refractivity contribution in [1.82, 2.24) is 0 Å². The van der Waals surface area contributed by atoms with Crippen LogP contribution in [-0.4, -0.2) is 69.0 Å². The van der Waals surface area contributed by atoms with Gasteiger partial charge in [0.05, 0.1) is 45.2 Å². The molecule has 3 aromatic carbocycles. The Kier molecular flexibility index (Phi) is 13.0. The van der Waals surface area contributed by atoms with E-state index >= 15 is 0 Å². The Morgan fingerprint density at radius 1 is 0.619 bits per heavy atom. The molecule has 7 fully saturated rings. The van der Waals surface area contributed by atoms with E-state index in [2.05, 4.69) is 76.2 Å². The van der Waals surface area contributed by atoms with E-state index in [1.165, 1.54) is 44.9 Å². The normalized spacial score (nSPS) is 43.2. The smallest absolute Gasteiger partial charge is 0.186 e. The van der Waals surface area contributed by atoms with Gasteiger partial charge in [0.1, 0.15) is 24.4 Å². The van der Waals surface area contributed by atoms with Crippen molar-refractivity contribution in [2.75, 3.05) is 20.3 Å². The van der Waals surface area contributed by atoms with E-state index in [-0.39, 0.29) is 11.9 Å². The lowest BCUT2D eigenvalue weighted by molar-refractivity contribution is -0.324. The molecule has 0 bridgehead atoms. The number of hydrogen-bond donors (Lipinski definition) is 0. The third-order valence-corrected chi connectivity index (χ3v) is 18.1. The summed E-state index contributed by atoms with van der Waals surface area (Å²) in [7, 11) is 1.70. The van der Waals surface area contributed by atoms with Crippen LogP contribution in [0.4, 0.5) is 0 Å². The molecule has 3 aromatic rings. The second kappa shape index (κ2) is 18.6. The predicted molar refractivity (Wildman–Crippen MR) is 242 cm³/mol. The standard InChI is InChI=1S/C55H74O8/c1-36-23-28-55(61-31-36)37(2)48-46(63-55)30-45-43-22-21-41-29-42(24-26-53(41,3)44(43)25-27-54(45,48)4)57-35-47-49(58-32-38-15-9-6-10-16-38)50(59-33-39-17-11-7-12-18-39)51(52(56-5)62-47)60-34-40-19-13-8-14-20-40/h6-20,36-37,41-52H,21-35H2,1-5H3/t36-,37+,41?,42+,43-,44+,45+,46+,47-,48+,49-,50+,51-,52+,53+,54+,55-/m1/s1. The summed E-state index contributed by atoms with van der Waals surface area (Å²) in [5, 5.41) is 0. The first-order valence-corrected chi connectivity index (χ1v) is 24.8. The molecule has 7 aliphatic rings. The Bertz CT molecular complexity index is 1920. The fourth-order valence-electron chi connectivity index (χ4n) is 14.7. The molecule has 0 radical (unpaired) electrons. The van der Waals surface area contributed by atoms with E-state index in [1.807, 2.05) is 42.5 Å². The van der Waals surface area contributed by atoms with E-state index in [0.29, 0.717) is 67.0 Å². The minimum absolute atomic E-state index is 0.179. The topological polar surface area (TPSA) is 73.8 Å². The second-order valence-electron chi connectivity index (χ2n) is 21.5. The van der Waals surface area contributed by atoms with E-state index < -0.39 is 30.7 Å². The van der Waals surface area contributed by atoms with Gasteiger partial charge in [-0.05, 0) is 121 Å². The number of rotatable bonds is 13. The van der Waals surface area contributed by atoms with E-state index in [4.69, 9.17) is 37.9 Å². The van der Waals surface area contributed by atoms with Crippen molar-refractivity contribution >= 4 is 0 Å². The van der Waals surface area contributed by atoms with Crippen LogP contribution in [0.25, 0.3) is 0 Å². The molecule has 1 unspecified atom stereocenters. The maximum absolute atomic E-state index is 7.09. The number of methoxy groups -OCH3 is 1. The molecule has 0 aromatic heterocycles. The molecule has 63 heavy (non-hydrogen) atoms. The van der Waals surface area contributed by atoms with E-state index in [9.17, 15) is 0 Å². The minimum Gasteiger partial charge on any atom is -0.375 e. The first kappa shape index (κ1) is 44.2. The summed E-state index contributed by atoms with van der Waals surface area (Å²) in [6.07, 6.45) is 10.2. The van der Waals surface area contributed by atoms with Crippen molar-refractivity contribution < 1.29 is 37.9 Å². The molecular formula is C55H74O8. The first-order valence-electron chi connectivity index (χ1n) is 24.8. The summed E-state index contributed by atoms with van der Waals surface area (Å²) in [4.78, 5) is 0. The SMILES string of the molecule is CO[C@H]1O[C@H](CO[C@H]2CC[C@@]3(C)C(CC[C@H]4[C@@H]5C[C@@H]6O[C@]7(CC[C@@H](C)CO7)[C@@H](C)[C@@H]6[C@@]5(C)CC[C@@H]43)C2)[C@@H](OCc2ccccc2)[C@H](OCc2ccccc2)[C@H]1OCc1ccccc1. The minimum atomic E-state index is -0.658. The summed E-state index contributed by atoms with van der Waals surface area (Å²) in [6.45, 7) is 12.6. The molecule has 10 rings (SSSR count). The molecule has 8 heteroatoms. The van der Waals surface area contributed by atoms with Crippen molar-refractivity contribution in [2.24, 2.45) is 52.3 Å². The third kappa shape index (κ3) is 8.52. The molecule has 3 aliphatic heterocycles. The maximum atomic E-state index is 7.09.